The van der Waals surface area contributed by atoms with Crippen molar-refractivity contribution in [1.82, 2.24) is 23.9 Å². The molecule has 2 aromatic heterocycles. The van der Waals surface area contributed by atoms with E-state index in [0.717, 1.165) is 35.4 Å². The summed E-state index contributed by atoms with van der Waals surface area (Å²) in [5.41, 5.74) is 4.37. The van der Waals surface area contributed by atoms with Crippen molar-refractivity contribution in [2.45, 2.75) is 6.42 Å². The van der Waals surface area contributed by atoms with Crippen LogP contribution in [-0.2, 0) is 11.0 Å². The molecule has 0 saturated carbocycles. The third-order valence-electron chi connectivity index (χ3n) is 5.65. The zero-order valence-corrected chi connectivity index (χ0v) is 18.8. The number of nitrogens with zero attached hydrogens (tertiary/aromatic N) is 6. The van der Waals surface area contributed by atoms with E-state index in [1.807, 2.05) is 34.0 Å². The van der Waals surface area contributed by atoms with Crippen LogP contribution >= 0.6 is 11.6 Å². The maximum absolute atomic E-state index is 11.7. The van der Waals surface area contributed by atoms with Crippen molar-refractivity contribution in [1.29, 1.82) is 0 Å². The Hall–Kier alpha value is -2.81. The summed E-state index contributed by atoms with van der Waals surface area (Å²) in [5.74, 6) is 1.31. The van der Waals surface area contributed by atoms with Crippen LogP contribution in [0.4, 0.5) is 11.5 Å². The number of benzene rings is 2. The van der Waals surface area contributed by atoms with Crippen molar-refractivity contribution >= 4 is 56.3 Å². The molecule has 158 valence electrons. The van der Waals surface area contributed by atoms with Crippen molar-refractivity contribution in [3.8, 4) is 0 Å². The van der Waals surface area contributed by atoms with E-state index in [2.05, 4.69) is 45.4 Å². The Morgan fingerprint density at radius 3 is 2.84 bits per heavy atom. The largest absolute Gasteiger partial charge is 0.329 e. The van der Waals surface area contributed by atoms with Gasteiger partial charge in [0.15, 0.2) is 0 Å². The molecular formula is C22H21ClN6OS. The van der Waals surface area contributed by atoms with Gasteiger partial charge in [0.1, 0.15) is 12.1 Å². The summed E-state index contributed by atoms with van der Waals surface area (Å²) in [6.07, 6.45) is 6.42. The molecule has 0 spiro atoms. The second-order valence-corrected chi connectivity index (χ2v) is 9.30. The molecule has 0 fully saturated rings. The SMILES string of the molecule is CN(c1cccc(C2=CCN(S(C)=O)CC2)c1)c1nc2nncn2c2cc(Cl)ccc12. The lowest BCUT2D eigenvalue weighted by atomic mass is 9.99. The lowest BCUT2D eigenvalue weighted by Crippen LogP contribution is -2.29. The van der Waals surface area contributed by atoms with Crippen molar-refractivity contribution in [3.63, 3.8) is 0 Å². The molecule has 0 bridgehead atoms. The van der Waals surface area contributed by atoms with E-state index in [9.17, 15) is 4.21 Å². The van der Waals surface area contributed by atoms with E-state index >= 15 is 0 Å². The molecule has 0 amide bonds. The minimum atomic E-state index is -0.934. The van der Waals surface area contributed by atoms with Crippen molar-refractivity contribution < 1.29 is 4.21 Å². The highest BCUT2D eigenvalue weighted by Crippen LogP contribution is 2.33. The van der Waals surface area contributed by atoms with E-state index < -0.39 is 11.0 Å². The molecule has 31 heavy (non-hydrogen) atoms. The summed E-state index contributed by atoms with van der Waals surface area (Å²) in [6, 6.07) is 14.2. The van der Waals surface area contributed by atoms with Gasteiger partial charge in [0.2, 0.25) is 0 Å². The van der Waals surface area contributed by atoms with Gasteiger partial charge in [0, 0.05) is 42.5 Å². The molecule has 2 aromatic carbocycles. The quantitative estimate of drug-likeness (QED) is 0.466. The zero-order valence-electron chi connectivity index (χ0n) is 17.2. The zero-order chi connectivity index (χ0) is 21.5. The Bertz CT molecular complexity index is 1350. The molecule has 1 aliphatic rings. The van der Waals surface area contributed by atoms with Crippen LogP contribution in [0, 0.1) is 0 Å². The molecule has 0 radical (unpaired) electrons. The fourth-order valence-electron chi connectivity index (χ4n) is 3.96. The number of fused-ring (bicyclic) bond motifs is 3. The molecule has 9 heteroatoms. The predicted molar refractivity (Wildman–Crippen MR) is 126 cm³/mol. The van der Waals surface area contributed by atoms with Gasteiger partial charge in [-0.3, -0.25) is 4.40 Å². The van der Waals surface area contributed by atoms with E-state index in [1.54, 1.807) is 12.6 Å². The first-order valence-corrected chi connectivity index (χ1v) is 11.8. The number of halogens is 1. The average Bonchev–Trinajstić information content (AvgIpc) is 3.27. The van der Waals surface area contributed by atoms with Gasteiger partial charge >= 0.3 is 0 Å². The van der Waals surface area contributed by atoms with E-state index in [4.69, 9.17) is 16.6 Å². The first kappa shape index (κ1) is 20.1. The van der Waals surface area contributed by atoms with Gasteiger partial charge in [-0.25, -0.2) is 8.51 Å². The van der Waals surface area contributed by atoms with Crippen LogP contribution in [-0.4, -0.2) is 54.5 Å². The molecule has 1 aliphatic heterocycles. The van der Waals surface area contributed by atoms with Crippen LogP contribution < -0.4 is 4.90 Å². The van der Waals surface area contributed by atoms with Gasteiger partial charge in [-0.05, 0) is 47.9 Å². The molecule has 3 heterocycles. The topological polar surface area (TPSA) is 66.6 Å². The van der Waals surface area contributed by atoms with Gasteiger partial charge in [-0.1, -0.05) is 29.8 Å². The van der Waals surface area contributed by atoms with Gasteiger partial charge in [0.25, 0.3) is 5.78 Å². The molecule has 5 rings (SSSR count). The summed E-state index contributed by atoms with van der Waals surface area (Å²) in [6.45, 7) is 1.50. The Morgan fingerprint density at radius 1 is 1.19 bits per heavy atom. The summed E-state index contributed by atoms with van der Waals surface area (Å²) in [4.78, 5) is 6.82. The molecule has 0 N–H and O–H groups in total. The molecule has 1 unspecified atom stereocenters. The van der Waals surface area contributed by atoms with Gasteiger partial charge in [-0.2, -0.15) is 4.98 Å². The fraction of sp³-hybridized carbons (Fsp3) is 0.227. The summed E-state index contributed by atoms with van der Waals surface area (Å²) < 4.78 is 15.5. The summed E-state index contributed by atoms with van der Waals surface area (Å²) in [7, 11) is 1.07. The van der Waals surface area contributed by atoms with Crippen molar-refractivity contribution in [2.24, 2.45) is 0 Å². The van der Waals surface area contributed by atoms with Crippen LogP contribution in [0.1, 0.15) is 12.0 Å². The maximum Gasteiger partial charge on any atom is 0.257 e. The first-order valence-electron chi connectivity index (χ1n) is 9.92. The van der Waals surface area contributed by atoms with Crippen LogP contribution in [0.25, 0.3) is 22.3 Å². The van der Waals surface area contributed by atoms with E-state index in [0.29, 0.717) is 17.3 Å². The number of aromatic nitrogens is 4. The van der Waals surface area contributed by atoms with Crippen LogP contribution in [0.3, 0.4) is 0 Å². The molecule has 7 nitrogen and oxygen atoms in total. The second-order valence-electron chi connectivity index (χ2n) is 7.50. The monoisotopic (exact) mass is 452 g/mol. The van der Waals surface area contributed by atoms with Crippen molar-refractivity contribution in [3.05, 3.63) is 65.5 Å². The lowest BCUT2D eigenvalue weighted by Gasteiger charge is -2.25. The second kappa shape index (κ2) is 8.03. The molecule has 0 aliphatic carbocycles. The van der Waals surface area contributed by atoms with Gasteiger partial charge in [0.05, 0.1) is 16.5 Å². The van der Waals surface area contributed by atoms with Gasteiger partial charge < -0.3 is 4.90 Å². The Balaban J connectivity index is 1.55. The smallest absolute Gasteiger partial charge is 0.257 e. The Kier molecular flexibility index (Phi) is 5.21. The van der Waals surface area contributed by atoms with Crippen LogP contribution in [0.5, 0.6) is 0 Å². The Labute approximate surface area is 187 Å². The number of rotatable bonds is 4. The Morgan fingerprint density at radius 2 is 2.06 bits per heavy atom. The molecule has 4 aromatic rings. The minimum absolute atomic E-state index is 0.524. The highest BCUT2D eigenvalue weighted by atomic mass is 35.5. The lowest BCUT2D eigenvalue weighted by molar-refractivity contribution is 0.486. The van der Waals surface area contributed by atoms with E-state index in [-0.39, 0.29) is 0 Å². The highest BCUT2D eigenvalue weighted by Gasteiger charge is 2.18. The molecular weight excluding hydrogens is 432 g/mol. The number of hydrogen-bond acceptors (Lipinski definition) is 5. The van der Waals surface area contributed by atoms with E-state index in [1.165, 1.54) is 11.1 Å². The first-order chi connectivity index (χ1) is 15.0. The number of anilines is 2. The standard InChI is InChI=1S/C22H21ClN6OS/c1-27(18-5-3-4-16(12-18)15-8-10-28(11-9-15)31(2)30)21-19-7-6-17(23)13-20(19)29-14-24-26-22(29)25-21/h3-8,12-14H,9-11H2,1-2H3. The normalized spacial score (nSPS) is 15.9. The molecule has 0 saturated heterocycles. The van der Waals surface area contributed by atoms with Crippen LogP contribution in [0.15, 0.2) is 54.9 Å². The average molecular weight is 453 g/mol. The minimum Gasteiger partial charge on any atom is -0.329 e. The fourth-order valence-corrected chi connectivity index (χ4v) is 4.76. The maximum atomic E-state index is 11.7. The van der Waals surface area contributed by atoms with Crippen molar-refractivity contribution in [2.75, 3.05) is 31.3 Å². The van der Waals surface area contributed by atoms with Gasteiger partial charge in [-0.15, -0.1) is 10.2 Å². The third kappa shape index (κ3) is 3.71. The predicted octanol–water partition coefficient (Wildman–Crippen LogP) is 4.08. The summed E-state index contributed by atoms with van der Waals surface area (Å²) >= 11 is 6.25. The number of hydrogen-bond donors (Lipinski definition) is 0. The van der Waals surface area contributed by atoms with Crippen LogP contribution in [0.2, 0.25) is 5.02 Å². The molecule has 1 atom stereocenters. The highest BCUT2D eigenvalue weighted by molar-refractivity contribution is 7.81. The summed E-state index contributed by atoms with van der Waals surface area (Å²) in [5, 5.41) is 9.75. The third-order valence-corrected chi connectivity index (χ3v) is 6.95.